The van der Waals surface area contributed by atoms with Crippen LogP contribution in [0.15, 0.2) is 28.3 Å². The molecule has 1 heteroatoms. The van der Waals surface area contributed by atoms with Crippen molar-refractivity contribution in [2.45, 2.75) is 53.5 Å². The van der Waals surface area contributed by atoms with E-state index in [1.165, 1.54) is 16.9 Å². The van der Waals surface area contributed by atoms with Crippen molar-refractivity contribution < 1.29 is 0 Å². The van der Waals surface area contributed by atoms with E-state index >= 15 is 0 Å². The lowest BCUT2D eigenvalue weighted by Gasteiger charge is -2.29. The van der Waals surface area contributed by atoms with E-state index < -0.39 is 0 Å². The van der Waals surface area contributed by atoms with Gasteiger partial charge in [-0.05, 0) is 36.3 Å². The van der Waals surface area contributed by atoms with Crippen molar-refractivity contribution in [2.75, 3.05) is 0 Å². The van der Waals surface area contributed by atoms with E-state index in [2.05, 4.69) is 53.7 Å². The molecule has 0 aromatic rings. The molecule has 1 aliphatic heterocycles. The van der Waals surface area contributed by atoms with Crippen molar-refractivity contribution in [3.63, 3.8) is 0 Å². The topological polar surface area (TPSA) is 12.4 Å². The number of allylic oxidation sites excluding steroid dienone is 2. The Bertz CT molecular complexity index is 409. The molecule has 1 nitrogen and oxygen atoms in total. The Labute approximate surface area is 106 Å². The van der Waals surface area contributed by atoms with Gasteiger partial charge >= 0.3 is 0 Å². The molecule has 0 saturated carbocycles. The lowest BCUT2D eigenvalue weighted by Crippen LogP contribution is -2.26. The molecule has 2 unspecified atom stereocenters. The minimum atomic E-state index is 0.0530. The molecule has 0 aromatic carbocycles. The summed E-state index contributed by atoms with van der Waals surface area (Å²) in [6.07, 6.45) is 5.87. The number of rotatable bonds is 2. The van der Waals surface area contributed by atoms with Crippen LogP contribution in [-0.4, -0.2) is 11.3 Å². The number of hydrogen-bond acceptors (Lipinski definition) is 1. The summed E-state index contributed by atoms with van der Waals surface area (Å²) in [5.74, 6) is 1.72. The molecule has 0 radical (unpaired) electrons. The van der Waals surface area contributed by atoms with Crippen LogP contribution in [-0.2, 0) is 0 Å². The molecule has 0 fully saturated rings. The standard InChI is InChI=1S/C16H25N/c1-10(2)13-7-8-16(6)14(9-13)12(5)15(17-16)11(3)4/h7,9-12H,8H2,1-6H3. The molecule has 94 valence electrons. The van der Waals surface area contributed by atoms with Crippen LogP contribution in [0, 0.1) is 17.8 Å². The van der Waals surface area contributed by atoms with Crippen molar-refractivity contribution in [3.8, 4) is 0 Å². The zero-order chi connectivity index (χ0) is 12.8. The van der Waals surface area contributed by atoms with Crippen LogP contribution in [0.25, 0.3) is 0 Å². The van der Waals surface area contributed by atoms with E-state index in [0.29, 0.717) is 17.8 Å². The van der Waals surface area contributed by atoms with Crippen molar-refractivity contribution in [1.82, 2.24) is 0 Å². The lowest BCUT2D eigenvalue weighted by atomic mass is 9.76. The molecule has 1 aliphatic carbocycles. The molecule has 2 atom stereocenters. The molecular weight excluding hydrogens is 206 g/mol. The summed E-state index contributed by atoms with van der Waals surface area (Å²) < 4.78 is 0. The molecule has 17 heavy (non-hydrogen) atoms. The normalized spacial score (nSPS) is 32.5. The third kappa shape index (κ3) is 2.00. The summed E-state index contributed by atoms with van der Waals surface area (Å²) in [6, 6.07) is 0. The minimum Gasteiger partial charge on any atom is -0.282 e. The monoisotopic (exact) mass is 231 g/mol. The second kappa shape index (κ2) is 4.12. The van der Waals surface area contributed by atoms with Gasteiger partial charge in [0.25, 0.3) is 0 Å². The molecule has 0 N–H and O–H groups in total. The largest absolute Gasteiger partial charge is 0.282 e. The Morgan fingerprint density at radius 2 is 1.88 bits per heavy atom. The molecule has 0 spiro atoms. The summed E-state index contributed by atoms with van der Waals surface area (Å²) >= 11 is 0. The average Bonchev–Trinajstić information content (AvgIpc) is 2.50. The first-order valence-electron chi connectivity index (χ1n) is 6.87. The summed E-state index contributed by atoms with van der Waals surface area (Å²) in [5, 5.41) is 0. The van der Waals surface area contributed by atoms with Crippen molar-refractivity contribution in [1.29, 1.82) is 0 Å². The molecule has 2 aliphatic rings. The number of nitrogens with zero attached hydrogens (tertiary/aromatic N) is 1. The molecule has 1 heterocycles. The Morgan fingerprint density at radius 3 is 2.41 bits per heavy atom. The average molecular weight is 231 g/mol. The summed E-state index contributed by atoms with van der Waals surface area (Å²) in [5.41, 5.74) is 4.46. The maximum atomic E-state index is 5.02. The quantitative estimate of drug-likeness (QED) is 0.667. The maximum absolute atomic E-state index is 5.02. The van der Waals surface area contributed by atoms with Gasteiger partial charge in [-0.15, -0.1) is 0 Å². The Kier molecular flexibility index (Phi) is 3.05. The zero-order valence-electron chi connectivity index (χ0n) is 12.0. The molecule has 0 aromatic heterocycles. The Hall–Kier alpha value is -0.850. The van der Waals surface area contributed by atoms with Gasteiger partial charge in [0, 0.05) is 11.6 Å². The molecule has 0 bridgehead atoms. The zero-order valence-corrected chi connectivity index (χ0v) is 12.0. The van der Waals surface area contributed by atoms with Crippen molar-refractivity contribution in [2.24, 2.45) is 22.7 Å². The van der Waals surface area contributed by atoms with Crippen LogP contribution < -0.4 is 0 Å². The molecule has 2 rings (SSSR count). The third-order valence-corrected chi connectivity index (χ3v) is 4.22. The van der Waals surface area contributed by atoms with Crippen LogP contribution in [0.2, 0.25) is 0 Å². The summed E-state index contributed by atoms with van der Waals surface area (Å²) in [4.78, 5) is 5.02. The van der Waals surface area contributed by atoms with Gasteiger partial charge in [-0.25, -0.2) is 0 Å². The highest BCUT2D eigenvalue weighted by Gasteiger charge is 2.41. The van der Waals surface area contributed by atoms with Crippen molar-refractivity contribution >= 4 is 5.71 Å². The van der Waals surface area contributed by atoms with Gasteiger partial charge in [-0.2, -0.15) is 0 Å². The first kappa shape index (κ1) is 12.6. The fraction of sp³-hybridized carbons (Fsp3) is 0.688. The number of aliphatic imine (C=N–C) groups is 1. The van der Waals surface area contributed by atoms with E-state index in [1.807, 2.05) is 0 Å². The van der Waals surface area contributed by atoms with Gasteiger partial charge in [0.1, 0.15) is 0 Å². The first-order valence-corrected chi connectivity index (χ1v) is 6.87. The first-order chi connectivity index (χ1) is 7.85. The SMILES string of the molecule is CC(C)C1=CCC2(C)N=C(C(C)C)C(C)C2=C1. The fourth-order valence-corrected chi connectivity index (χ4v) is 3.10. The van der Waals surface area contributed by atoms with Crippen LogP contribution in [0.3, 0.4) is 0 Å². The second-order valence-electron chi connectivity index (χ2n) is 6.35. The summed E-state index contributed by atoms with van der Waals surface area (Å²) in [7, 11) is 0. The Morgan fingerprint density at radius 1 is 1.24 bits per heavy atom. The highest BCUT2D eigenvalue weighted by molar-refractivity contribution is 5.94. The van der Waals surface area contributed by atoms with Gasteiger partial charge in [0.15, 0.2) is 0 Å². The van der Waals surface area contributed by atoms with Crippen LogP contribution in [0.5, 0.6) is 0 Å². The van der Waals surface area contributed by atoms with E-state index in [4.69, 9.17) is 4.99 Å². The Balaban J connectivity index is 2.38. The molecule has 0 saturated heterocycles. The van der Waals surface area contributed by atoms with Gasteiger partial charge in [0.05, 0.1) is 5.54 Å². The maximum Gasteiger partial charge on any atom is 0.0832 e. The smallest absolute Gasteiger partial charge is 0.0832 e. The molecule has 0 amide bonds. The predicted octanol–water partition coefficient (Wildman–Crippen LogP) is 4.40. The van der Waals surface area contributed by atoms with Gasteiger partial charge in [-0.1, -0.05) is 46.8 Å². The van der Waals surface area contributed by atoms with Gasteiger partial charge < -0.3 is 0 Å². The third-order valence-electron chi connectivity index (χ3n) is 4.22. The van der Waals surface area contributed by atoms with E-state index in [1.54, 1.807) is 0 Å². The van der Waals surface area contributed by atoms with Crippen LogP contribution in [0.1, 0.15) is 48.0 Å². The second-order valence-corrected chi connectivity index (χ2v) is 6.35. The van der Waals surface area contributed by atoms with E-state index in [-0.39, 0.29) is 5.54 Å². The van der Waals surface area contributed by atoms with Crippen LogP contribution >= 0.6 is 0 Å². The minimum absolute atomic E-state index is 0.0530. The van der Waals surface area contributed by atoms with E-state index in [0.717, 1.165) is 6.42 Å². The van der Waals surface area contributed by atoms with E-state index in [9.17, 15) is 0 Å². The van der Waals surface area contributed by atoms with Crippen LogP contribution in [0.4, 0.5) is 0 Å². The summed E-state index contributed by atoms with van der Waals surface area (Å²) in [6.45, 7) is 13.7. The number of fused-ring (bicyclic) bond motifs is 1. The lowest BCUT2D eigenvalue weighted by molar-refractivity contribution is 0.543. The predicted molar refractivity (Wildman–Crippen MR) is 75.5 cm³/mol. The highest BCUT2D eigenvalue weighted by atomic mass is 14.9. The fourth-order valence-electron chi connectivity index (χ4n) is 3.10. The van der Waals surface area contributed by atoms with Crippen molar-refractivity contribution in [3.05, 3.63) is 23.3 Å². The van der Waals surface area contributed by atoms with Gasteiger partial charge in [0.2, 0.25) is 0 Å². The van der Waals surface area contributed by atoms with Gasteiger partial charge in [-0.3, -0.25) is 4.99 Å². The highest BCUT2D eigenvalue weighted by Crippen LogP contribution is 2.44. The number of hydrogen-bond donors (Lipinski definition) is 0. The molecular formula is C16H25N.